The Bertz CT molecular complexity index is 289. The van der Waals surface area contributed by atoms with Crippen LogP contribution in [-0.2, 0) is 6.42 Å². The van der Waals surface area contributed by atoms with Gasteiger partial charge in [0.25, 0.3) is 0 Å². The predicted molar refractivity (Wildman–Crippen MR) is 52.9 cm³/mol. The van der Waals surface area contributed by atoms with Gasteiger partial charge in [0.05, 0.1) is 0 Å². The van der Waals surface area contributed by atoms with Gasteiger partial charge in [0.1, 0.15) is 5.82 Å². The van der Waals surface area contributed by atoms with Crippen molar-refractivity contribution in [2.75, 3.05) is 0 Å². The second-order valence-electron chi connectivity index (χ2n) is 3.28. The van der Waals surface area contributed by atoms with Crippen molar-refractivity contribution < 1.29 is 4.39 Å². The minimum Gasteiger partial charge on any atom is -0.324 e. The lowest BCUT2D eigenvalue weighted by atomic mass is 10.0. The van der Waals surface area contributed by atoms with Gasteiger partial charge >= 0.3 is 0 Å². The Labute approximate surface area is 78.1 Å². The maximum absolute atomic E-state index is 12.5. The minimum atomic E-state index is -0.215. The van der Waals surface area contributed by atoms with E-state index in [1.165, 1.54) is 12.1 Å². The molecule has 0 fully saturated rings. The molecule has 1 atom stereocenters. The zero-order valence-electron chi connectivity index (χ0n) is 7.76. The molecular formula is C11H14FN. The van der Waals surface area contributed by atoms with Gasteiger partial charge in [0, 0.05) is 6.04 Å². The number of hydrogen-bond donors (Lipinski definition) is 1. The summed E-state index contributed by atoms with van der Waals surface area (Å²) in [6.45, 7) is 5.67. The summed E-state index contributed by atoms with van der Waals surface area (Å²) in [6.07, 6.45) is 0.718. The van der Waals surface area contributed by atoms with Crippen molar-refractivity contribution in [1.82, 2.24) is 0 Å². The Morgan fingerprint density at radius 1 is 1.46 bits per heavy atom. The van der Waals surface area contributed by atoms with Crippen molar-refractivity contribution >= 4 is 0 Å². The number of rotatable bonds is 3. The molecule has 13 heavy (non-hydrogen) atoms. The molecule has 0 saturated heterocycles. The lowest BCUT2D eigenvalue weighted by Crippen LogP contribution is -2.23. The topological polar surface area (TPSA) is 26.0 Å². The molecule has 1 unspecified atom stereocenters. The van der Waals surface area contributed by atoms with Crippen LogP contribution in [0, 0.1) is 5.82 Å². The first kappa shape index (κ1) is 9.93. The summed E-state index contributed by atoms with van der Waals surface area (Å²) in [4.78, 5) is 0. The molecule has 2 heteroatoms. The van der Waals surface area contributed by atoms with E-state index >= 15 is 0 Å². The van der Waals surface area contributed by atoms with E-state index in [-0.39, 0.29) is 11.9 Å². The minimum absolute atomic E-state index is 0.0366. The predicted octanol–water partition coefficient (Wildman–Crippen LogP) is 2.27. The van der Waals surface area contributed by atoms with Gasteiger partial charge in [0.15, 0.2) is 0 Å². The van der Waals surface area contributed by atoms with Crippen molar-refractivity contribution in [3.05, 3.63) is 47.8 Å². The van der Waals surface area contributed by atoms with Crippen LogP contribution in [0.2, 0.25) is 0 Å². The van der Waals surface area contributed by atoms with Crippen LogP contribution < -0.4 is 5.73 Å². The smallest absolute Gasteiger partial charge is 0.123 e. The molecule has 0 amide bonds. The molecule has 0 heterocycles. The van der Waals surface area contributed by atoms with E-state index in [4.69, 9.17) is 5.73 Å². The summed E-state index contributed by atoms with van der Waals surface area (Å²) in [6, 6.07) is 6.35. The lowest BCUT2D eigenvalue weighted by molar-refractivity contribution is 0.626. The number of hydrogen-bond acceptors (Lipinski definition) is 1. The SMILES string of the molecule is C=C(C)C(N)Cc1ccc(F)cc1. The van der Waals surface area contributed by atoms with E-state index in [1.807, 2.05) is 6.92 Å². The van der Waals surface area contributed by atoms with Crippen LogP contribution in [0.3, 0.4) is 0 Å². The zero-order chi connectivity index (χ0) is 9.84. The van der Waals surface area contributed by atoms with E-state index in [2.05, 4.69) is 6.58 Å². The van der Waals surface area contributed by atoms with Gasteiger partial charge in [0.2, 0.25) is 0 Å². The summed E-state index contributed by atoms with van der Waals surface area (Å²) < 4.78 is 12.5. The van der Waals surface area contributed by atoms with E-state index in [0.717, 1.165) is 17.6 Å². The van der Waals surface area contributed by atoms with Crippen LogP contribution >= 0.6 is 0 Å². The van der Waals surface area contributed by atoms with Gasteiger partial charge in [-0.15, -0.1) is 0 Å². The van der Waals surface area contributed by atoms with Crippen molar-refractivity contribution in [2.45, 2.75) is 19.4 Å². The molecule has 1 aromatic rings. The molecule has 0 bridgehead atoms. The highest BCUT2D eigenvalue weighted by Crippen LogP contribution is 2.07. The fourth-order valence-corrected chi connectivity index (χ4v) is 1.05. The van der Waals surface area contributed by atoms with Crippen LogP contribution in [0.5, 0.6) is 0 Å². The third kappa shape index (κ3) is 2.99. The number of halogens is 1. The van der Waals surface area contributed by atoms with Gasteiger partial charge in [-0.1, -0.05) is 24.3 Å². The van der Waals surface area contributed by atoms with Crippen molar-refractivity contribution in [3.8, 4) is 0 Å². The van der Waals surface area contributed by atoms with Crippen LogP contribution in [-0.4, -0.2) is 6.04 Å². The third-order valence-electron chi connectivity index (χ3n) is 2.00. The van der Waals surface area contributed by atoms with Crippen molar-refractivity contribution in [3.63, 3.8) is 0 Å². The second-order valence-corrected chi connectivity index (χ2v) is 3.28. The van der Waals surface area contributed by atoms with Gasteiger partial charge in [-0.25, -0.2) is 4.39 Å². The molecule has 0 aliphatic heterocycles. The van der Waals surface area contributed by atoms with E-state index in [1.54, 1.807) is 12.1 Å². The molecule has 1 rings (SSSR count). The molecule has 0 aliphatic carbocycles. The molecule has 0 aromatic heterocycles. The average molecular weight is 179 g/mol. The molecule has 0 spiro atoms. The zero-order valence-corrected chi connectivity index (χ0v) is 7.76. The molecule has 0 radical (unpaired) electrons. The monoisotopic (exact) mass is 179 g/mol. The Balaban J connectivity index is 2.64. The molecule has 0 aliphatic rings. The summed E-state index contributed by atoms with van der Waals surface area (Å²) in [5, 5.41) is 0. The summed E-state index contributed by atoms with van der Waals surface area (Å²) in [5.74, 6) is -0.215. The Morgan fingerprint density at radius 2 is 2.00 bits per heavy atom. The summed E-state index contributed by atoms with van der Waals surface area (Å²) in [7, 11) is 0. The molecule has 1 aromatic carbocycles. The molecule has 0 saturated carbocycles. The highest BCUT2D eigenvalue weighted by Gasteiger charge is 2.03. The average Bonchev–Trinajstić information content (AvgIpc) is 2.08. The molecule has 2 N–H and O–H groups in total. The Kier molecular flexibility index (Phi) is 3.20. The Hall–Kier alpha value is -1.15. The fourth-order valence-electron chi connectivity index (χ4n) is 1.05. The van der Waals surface area contributed by atoms with E-state index in [9.17, 15) is 4.39 Å². The molecule has 70 valence electrons. The van der Waals surface area contributed by atoms with Crippen LogP contribution in [0.1, 0.15) is 12.5 Å². The first-order valence-corrected chi connectivity index (χ1v) is 4.25. The maximum Gasteiger partial charge on any atom is 0.123 e. The highest BCUT2D eigenvalue weighted by atomic mass is 19.1. The molecule has 1 nitrogen and oxygen atoms in total. The van der Waals surface area contributed by atoms with E-state index < -0.39 is 0 Å². The normalized spacial score (nSPS) is 12.5. The number of nitrogens with two attached hydrogens (primary N) is 1. The van der Waals surface area contributed by atoms with Gasteiger partial charge in [-0.05, 0) is 31.0 Å². The third-order valence-corrected chi connectivity index (χ3v) is 2.00. The van der Waals surface area contributed by atoms with Crippen molar-refractivity contribution in [2.24, 2.45) is 5.73 Å². The number of benzene rings is 1. The van der Waals surface area contributed by atoms with Crippen LogP contribution in [0.4, 0.5) is 4.39 Å². The standard InChI is InChI=1S/C11H14FN/c1-8(2)11(13)7-9-3-5-10(12)6-4-9/h3-6,11H,1,7,13H2,2H3. The summed E-state index contributed by atoms with van der Waals surface area (Å²) >= 11 is 0. The first-order valence-electron chi connectivity index (χ1n) is 4.25. The Morgan fingerprint density at radius 3 is 2.46 bits per heavy atom. The highest BCUT2D eigenvalue weighted by molar-refractivity contribution is 5.19. The van der Waals surface area contributed by atoms with Crippen LogP contribution in [0.25, 0.3) is 0 Å². The second kappa shape index (κ2) is 4.19. The summed E-state index contributed by atoms with van der Waals surface area (Å²) in [5.41, 5.74) is 7.78. The maximum atomic E-state index is 12.5. The van der Waals surface area contributed by atoms with Crippen molar-refractivity contribution in [1.29, 1.82) is 0 Å². The van der Waals surface area contributed by atoms with Gasteiger partial charge < -0.3 is 5.73 Å². The molecular weight excluding hydrogens is 165 g/mol. The fraction of sp³-hybridized carbons (Fsp3) is 0.273. The largest absolute Gasteiger partial charge is 0.324 e. The first-order chi connectivity index (χ1) is 6.09. The van der Waals surface area contributed by atoms with Gasteiger partial charge in [-0.3, -0.25) is 0 Å². The quantitative estimate of drug-likeness (QED) is 0.708. The lowest BCUT2D eigenvalue weighted by Gasteiger charge is -2.10. The van der Waals surface area contributed by atoms with Crippen LogP contribution in [0.15, 0.2) is 36.4 Å². The van der Waals surface area contributed by atoms with Gasteiger partial charge in [-0.2, -0.15) is 0 Å². The van der Waals surface area contributed by atoms with E-state index in [0.29, 0.717) is 0 Å².